The molecule has 0 radical (unpaired) electrons. The lowest BCUT2D eigenvalue weighted by molar-refractivity contribution is -0.116. The number of guanidine groups is 1. The fourth-order valence-corrected chi connectivity index (χ4v) is 2.72. The average Bonchev–Trinajstić information content (AvgIpc) is 3.00. The molecule has 8 heteroatoms. The Balaban J connectivity index is 1.77. The number of hydrogen-bond acceptors (Lipinski definition) is 5. The minimum absolute atomic E-state index is 0.0877. The van der Waals surface area contributed by atoms with Gasteiger partial charge in [0.25, 0.3) is 0 Å². The van der Waals surface area contributed by atoms with Gasteiger partial charge in [-0.15, -0.1) is 11.3 Å². The highest BCUT2D eigenvalue weighted by Crippen LogP contribution is 2.11. The van der Waals surface area contributed by atoms with Gasteiger partial charge in [0.05, 0.1) is 6.54 Å². The molecule has 0 aliphatic heterocycles. The number of pyridine rings is 1. The molecular formula is C17H24N6OS. The van der Waals surface area contributed by atoms with Crippen LogP contribution >= 0.6 is 11.3 Å². The van der Waals surface area contributed by atoms with E-state index in [1.54, 1.807) is 23.6 Å². The van der Waals surface area contributed by atoms with Crippen molar-refractivity contribution in [2.24, 2.45) is 4.99 Å². The van der Waals surface area contributed by atoms with Gasteiger partial charge >= 0.3 is 0 Å². The number of nitrogens with one attached hydrogen (secondary N) is 3. The summed E-state index contributed by atoms with van der Waals surface area (Å²) in [5.74, 6) is 1.15. The molecule has 0 bridgehead atoms. The predicted molar refractivity (Wildman–Crippen MR) is 102 cm³/mol. The number of thiazole rings is 1. The second-order valence-electron chi connectivity index (χ2n) is 5.51. The highest BCUT2D eigenvalue weighted by molar-refractivity contribution is 7.11. The van der Waals surface area contributed by atoms with Crippen molar-refractivity contribution in [2.75, 3.05) is 18.4 Å². The van der Waals surface area contributed by atoms with E-state index in [0.717, 1.165) is 17.1 Å². The molecule has 0 aliphatic carbocycles. The molecule has 0 atom stereocenters. The lowest BCUT2D eigenvalue weighted by Gasteiger charge is -2.11. The van der Waals surface area contributed by atoms with Crippen molar-refractivity contribution < 1.29 is 4.79 Å². The molecule has 2 rings (SSSR count). The van der Waals surface area contributed by atoms with Gasteiger partial charge in [-0.05, 0) is 32.4 Å². The maximum atomic E-state index is 12.0. The van der Waals surface area contributed by atoms with Crippen LogP contribution in [0.15, 0.2) is 29.5 Å². The van der Waals surface area contributed by atoms with E-state index in [-0.39, 0.29) is 5.91 Å². The largest absolute Gasteiger partial charge is 0.357 e. The first-order valence-electron chi connectivity index (χ1n) is 8.23. The SMILES string of the molecule is CCNC(=NCc1ncc(C)s1)NCCC(=O)Nc1ccc(C)cn1. The second-order valence-corrected chi connectivity index (χ2v) is 6.82. The Kier molecular flexibility index (Phi) is 7.34. The van der Waals surface area contributed by atoms with E-state index in [2.05, 4.69) is 30.9 Å². The van der Waals surface area contributed by atoms with E-state index in [1.165, 1.54) is 4.88 Å². The zero-order valence-electron chi connectivity index (χ0n) is 14.8. The molecule has 1 amide bonds. The maximum absolute atomic E-state index is 12.0. The van der Waals surface area contributed by atoms with E-state index in [4.69, 9.17) is 0 Å². The van der Waals surface area contributed by atoms with E-state index < -0.39 is 0 Å². The Morgan fingerprint density at radius 3 is 2.68 bits per heavy atom. The number of amides is 1. The van der Waals surface area contributed by atoms with Crippen LogP contribution in [0.25, 0.3) is 0 Å². The minimum Gasteiger partial charge on any atom is -0.357 e. The lowest BCUT2D eigenvalue weighted by Crippen LogP contribution is -2.38. The molecule has 2 aromatic heterocycles. The van der Waals surface area contributed by atoms with Crippen molar-refractivity contribution in [3.63, 3.8) is 0 Å². The van der Waals surface area contributed by atoms with Gasteiger partial charge in [-0.3, -0.25) is 4.79 Å². The van der Waals surface area contributed by atoms with Gasteiger partial charge in [-0.1, -0.05) is 6.07 Å². The molecule has 0 saturated carbocycles. The third-order valence-electron chi connectivity index (χ3n) is 3.21. The summed E-state index contributed by atoms with van der Waals surface area (Å²) in [5.41, 5.74) is 1.06. The minimum atomic E-state index is -0.0877. The third kappa shape index (κ3) is 6.88. The molecule has 0 saturated heterocycles. The van der Waals surface area contributed by atoms with Crippen LogP contribution in [0.4, 0.5) is 5.82 Å². The van der Waals surface area contributed by atoms with Gasteiger partial charge in [0.2, 0.25) is 5.91 Å². The van der Waals surface area contributed by atoms with Crippen molar-refractivity contribution in [3.05, 3.63) is 40.0 Å². The summed E-state index contributed by atoms with van der Waals surface area (Å²) >= 11 is 1.63. The fourth-order valence-electron chi connectivity index (χ4n) is 2.00. The molecule has 2 heterocycles. The highest BCUT2D eigenvalue weighted by atomic mass is 32.1. The van der Waals surface area contributed by atoms with Crippen LogP contribution in [0.2, 0.25) is 0 Å². The predicted octanol–water partition coefficient (Wildman–Crippen LogP) is 2.24. The number of nitrogens with zero attached hydrogens (tertiary/aromatic N) is 3. The first-order chi connectivity index (χ1) is 12.1. The number of hydrogen-bond donors (Lipinski definition) is 3. The number of carbonyl (C=O) groups is 1. The number of carbonyl (C=O) groups excluding carboxylic acids is 1. The molecule has 2 aromatic rings. The van der Waals surface area contributed by atoms with Crippen LogP contribution in [0.5, 0.6) is 0 Å². The van der Waals surface area contributed by atoms with Gasteiger partial charge in [0.1, 0.15) is 10.8 Å². The average molecular weight is 360 g/mol. The van der Waals surface area contributed by atoms with Crippen LogP contribution in [0, 0.1) is 13.8 Å². The standard InChI is InChI=1S/C17H24N6OS/c1-4-18-17(22-11-16-21-10-13(3)25-16)19-8-7-15(24)23-14-6-5-12(2)9-20-14/h5-6,9-10H,4,7-8,11H2,1-3H3,(H2,18,19,22)(H,20,23,24). The van der Waals surface area contributed by atoms with Gasteiger partial charge in [0.15, 0.2) is 5.96 Å². The number of anilines is 1. The number of aliphatic imine (C=N–C) groups is 1. The van der Waals surface area contributed by atoms with Gasteiger partial charge in [0, 0.05) is 36.8 Å². The van der Waals surface area contributed by atoms with E-state index in [9.17, 15) is 4.79 Å². The van der Waals surface area contributed by atoms with Crippen molar-refractivity contribution >= 4 is 29.0 Å². The molecular weight excluding hydrogens is 336 g/mol. The van der Waals surface area contributed by atoms with Crippen molar-refractivity contribution in [1.82, 2.24) is 20.6 Å². The van der Waals surface area contributed by atoms with Crippen molar-refractivity contribution in [2.45, 2.75) is 33.7 Å². The van der Waals surface area contributed by atoms with Crippen molar-refractivity contribution in [1.29, 1.82) is 0 Å². The van der Waals surface area contributed by atoms with E-state index in [1.807, 2.05) is 33.0 Å². The molecule has 25 heavy (non-hydrogen) atoms. The second kappa shape index (κ2) is 9.73. The smallest absolute Gasteiger partial charge is 0.227 e. The Morgan fingerprint density at radius 1 is 1.20 bits per heavy atom. The van der Waals surface area contributed by atoms with E-state index >= 15 is 0 Å². The summed E-state index contributed by atoms with van der Waals surface area (Å²) < 4.78 is 0. The van der Waals surface area contributed by atoms with Gasteiger partial charge < -0.3 is 16.0 Å². The van der Waals surface area contributed by atoms with E-state index in [0.29, 0.717) is 31.3 Å². The Hall–Kier alpha value is -2.48. The van der Waals surface area contributed by atoms with Crippen LogP contribution in [0.3, 0.4) is 0 Å². The molecule has 0 spiro atoms. The summed E-state index contributed by atoms with van der Waals surface area (Å²) in [7, 11) is 0. The summed E-state index contributed by atoms with van der Waals surface area (Å²) in [5, 5.41) is 10.1. The van der Waals surface area contributed by atoms with Crippen LogP contribution < -0.4 is 16.0 Å². The molecule has 3 N–H and O–H groups in total. The molecule has 0 fully saturated rings. The Morgan fingerprint density at radius 2 is 2.04 bits per heavy atom. The van der Waals surface area contributed by atoms with Gasteiger partial charge in [-0.25, -0.2) is 15.0 Å². The van der Waals surface area contributed by atoms with Crippen molar-refractivity contribution in [3.8, 4) is 0 Å². The molecule has 0 aliphatic rings. The monoisotopic (exact) mass is 360 g/mol. The first-order valence-corrected chi connectivity index (χ1v) is 9.04. The van der Waals surface area contributed by atoms with Crippen LogP contribution in [-0.2, 0) is 11.3 Å². The quantitative estimate of drug-likeness (QED) is 0.520. The molecule has 134 valence electrons. The molecule has 7 nitrogen and oxygen atoms in total. The normalized spacial score (nSPS) is 11.2. The zero-order chi connectivity index (χ0) is 18.1. The number of aryl methyl sites for hydroxylation is 2. The Bertz CT molecular complexity index is 710. The first kappa shape index (κ1) is 18.9. The summed E-state index contributed by atoms with van der Waals surface area (Å²) in [6.45, 7) is 7.74. The third-order valence-corrected chi connectivity index (χ3v) is 4.11. The van der Waals surface area contributed by atoms with Gasteiger partial charge in [-0.2, -0.15) is 0 Å². The summed E-state index contributed by atoms with van der Waals surface area (Å²) in [4.78, 5) is 26.1. The number of aromatic nitrogens is 2. The zero-order valence-corrected chi connectivity index (χ0v) is 15.6. The molecule has 0 aromatic carbocycles. The van der Waals surface area contributed by atoms with Crippen LogP contribution in [-0.4, -0.2) is 34.9 Å². The maximum Gasteiger partial charge on any atom is 0.227 e. The Labute approximate surface area is 152 Å². The summed E-state index contributed by atoms with van der Waals surface area (Å²) in [6, 6.07) is 3.71. The number of rotatable bonds is 7. The lowest BCUT2D eigenvalue weighted by atomic mass is 10.3. The fraction of sp³-hybridized carbons (Fsp3) is 0.412. The molecule has 0 unspecified atom stereocenters. The topological polar surface area (TPSA) is 91.3 Å². The summed E-state index contributed by atoms with van der Waals surface area (Å²) in [6.07, 6.45) is 3.90. The highest BCUT2D eigenvalue weighted by Gasteiger charge is 2.05. The van der Waals surface area contributed by atoms with Crippen LogP contribution in [0.1, 0.15) is 28.8 Å².